The number of hydrogen-bond donors (Lipinski definition) is 2. The molecule has 0 bridgehead atoms. The fourth-order valence-corrected chi connectivity index (χ4v) is 2.72. The Kier molecular flexibility index (Phi) is 3.50. The Morgan fingerprint density at radius 3 is 2.65 bits per heavy atom. The van der Waals surface area contributed by atoms with E-state index in [9.17, 15) is 10.2 Å². The number of aromatic hydroxyl groups is 1. The van der Waals surface area contributed by atoms with Gasteiger partial charge in [0.15, 0.2) is 0 Å². The number of benzene rings is 2. The molecule has 104 valence electrons. The summed E-state index contributed by atoms with van der Waals surface area (Å²) in [6, 6.07) is 10.1. The highest BCUT2D eigenvalue weighted by Gasteiger charge is 2.28. The van der Waals surface area contributed by atoms with E-state index in [0.717, 1.165) is 5.56 Å². The highest BCUT2D eigenvalue weighted by atomic mass is 35.5. The topological polar surface area (TPSA) is 49.7 Å². The van der Waals surface area contributed by atoms with E-state index in [1.165, 1.54) is 6.07 Å². The SMILES string of the molecule is Oc1ccc(C2C[C@H](O)c3cc(Cl)ccc3O2)cc1Cl. The number of phenols is 1. The van der Waals surface area contributed by atoms with Gasteiger partial charge in [-0.3, -0.25) is 0 Å². The Hall–Kier alpha value is -1.42. The lowest BCUT2D eigenvalue weighted by atomic mass is 9.95. The van der Waals surface area contributed by atoms with Crippen LogP contribution in [-0.4, -0.2) is 10.2 Å². The van der Waals surface area contributed by atoms with Crippen LogP contribution in [0, 0.1) is 0 Å². The molecule has 1 heterocycles. The minimum atomic E-state index is -0.643. The molecule has 0 spiro atoms. The minimum Gasteiger partial charge on any atom is -0.506 e. The summed E-state index contributed by atoms with van der Waals surface area (Å²) in [7, 11) is 0. The number of aliphatic hydroxyl groups is 1. The second-order valence-corrected chi connectivity index (χ2v) is 5.59. The van der Waals surface area contributed by atoms with Crippen molar-refractivity contribution in [1.82, 2.24) is 0 Å². The summed E-state index contributed by atoms with van der Waals surface area (Å²) < 4.78 is 5.88. The molecular weight excluding hydrogens is 299 g/mol. The van der Waals surface area contributed by atoms with Gasteiger partial charge in [0.1, 0.15) is 17.6 Å². The largest absolute Gasteiger partial charge is 0.506 e. The van der Waals surface area contributed by atoms with E-state index in [1.54, 1.807) is 30.3 Å². The van der Waals surface area contributed by atoms with Gasteiger partial charge in [0, 0.05) is 17.0 Å². The van der Waals surface area contributed by atoms with E-state index in [4.69, 9.17) is 27.9 Å². The highest BCUT2D eigenvalue weighted by Crippen LogP contribution is 2.42. The molecule has 0 radical (unpaired) electrons. The van der Waals surface area contributed by atoms with Gasteiger partial charge in [-0.15, -0.1) is 0 Å². The molecule has 1 aliphatic heterocycles. The maximum atomic E-state index is 10.2. The molecule has 2 atom stereocenters. The Morgan fingerprint density at radius 1 is 1.10 bits per heavy atom. The van der Waals surface area contributed by atoms with Crippen molar-refractivity contribution in [3.63, 3.8) is 0 Å². The first-order valence-electron chi connectivity index (χ1n) is 6.17. The number of phenolic OH excluding ortho intramolecular Hbond substituents is 1. The van der Waals surface area contributed by atoms with Crippen LogP contribution in [0.4, 0.5) is 0 Å². The first-order chi connectivity index (χ1) is 9.54. The van der Waals surface area contributed by atoms with Gasteiger partial charge in [0.25, 0.3) is 0 Å². The average molecular weight is 311 g/mol. The molecule has 0 saturated carbocycles. The molecule has 1 unspecified atom stereocenters. The van der Waals surface area contributed by atoms with E-state index in [1.807, 2.05) is 0 Å². The third-order valence-corrected chi connectivity index (χ3v) is 3.92. The smallest absolute Gasteiger partial charge is 0.134 e. The van der Waals surface area contributed by atoms with Crippen molar-refractivity contribution in [2.24, 2.45) is 0 Å². The maximum absolute atomic E-state index is 10.2. The van der Waals surface area contributed by atoms with Crippen LogP contribution in [0.2, 0.25) is 10.0 Å². The molecule has 3 nitrogen and oxygen atoms in total. The number of aliphatic hydroxyl groups excluding tert-OH is 1. The fourth-order valence-electron chi connectivity index (χ4n) is 2.35. The van der Waals surface area contributed by atoms with Crippen LogP contribution in [0.5, 0.6) is 11.5 Å². The molecule has 3 rings (SSSR count). The molecule has 1 aliphatic rings. The van der Waals surface area contributed by atoms with Gasteiger partial charge < -0.3 is 14.9 Å². The first-order valence-corrected chi connectivity index (χ1v) is 6.93. The van der Waals surface area contributed by atoms with E-state index in [-0.39, 0.29) is 16.9 Å². The Bertz CT molecular complexity index is 658. The number of rotatable bonds is 1. The Labute approximate surface area is 126 Å². The standard InChI is InChI=1S/C15H12Cl2O3/c16-9-2-4-14-10(6-9)13(19)7-15(20-14)8-1-3-12(18)11(17)5-8/h1-6,13,15,18-19H,7H2/t13-,15?/m0/s1. The first kappa shape index (κ1) is 13.6. The van der Waals surface area contributed by atoms with Gasteiger partial charge in [-0.2, -0.15) is 0 Å². The summed E-state index contributed by atoms with van der Waals surface area (Å²) in [5, 5.41) is 20.5. The van der Waals surface area contributed by atoms with Crippen molar-refractivity contribution in [3.05, 3.63) is 57.6 Å². The molecule has 20 heavy (non-hydrogen) atoms. The second kappa shape index (κ2) is 5.17. The number of fused-ring (bicyclic) bond motifs is 1. The van der Waals surface area contributed by atoms with Crippen LogP contribution in [0.25, 0.3) is 0 Å². The zero-order valence-corrected chi connectivity index (χ0v) is 11.9. The van der Waals surface area contributed by atoms with Gasteiger partial charge >= 0.3 is 0 Å². The second-order valence-electron chi connectivity index (χ2n) is 4.75. The van der Waals surface area contributed by atoms with E-state index in [0.29, 0.717) is 22.8 Å². The third-order valence-electron chi connectivity index (χ3n) is 3.38. The van der Waals surface area contributed by atoms with Crippen LogP contribution in [-0.2, 0) is 0 Å². The fraction of sp³-hybridized carbons (Fsp3) is 0.200. The summed E-state index contributed by atoms with van der Waals surface area (Å²) in [6.07, 6.45) is -0.541. The normalized spacial score (nSPS) is 21.1. The van der Waals surface area contributed by atoms with Gasteiger partial charge in [0.2, 0.25) is 0 Å². The van der Waals surface area contributed by atoms with E-state index >= 15 is 0 Å². The summed E-state index contributed by atoms with van der Waals surface area (Å²) in [4.78, 5) is 0. The number of hydrogen-bond acceptors (Lipinski definition) is 3. The minimum absolute atomic E-state index is 0.0268. The van der Waals surface area contributed by atoms with E-state index in [2.05, 4.69) is 0 Å². The molecule has 0 fully saturated rings. The Morgan fingerprint density at radius 2 is 1.90 bits per heavy atom. The van der Waals surface area contributed by atoms with Crippen LogP contribution < -0.4 is 4.74 Å². The lowest BCUT2D eigenvalue weighted by Gasteiger charge is -2.30. The van der Waals surface area contributed by atoms with Gasteiger partial charge in [0.05, 0.1) is 11.1 Å². The summed E-state index contributed by atoms with van der Waals surface area (Å²) in [6.45, 7) is 0. The van der Waals surface area contributed by atoms with Crippen molar-refractivity contribution in [2.45, 2.75) is 18.6 Å². The van der Waals surface area contributed by atoms with Crippen molar-refractivity contribution in [1.29, 1.82) is 0 Å². The summed E-state index contributed by atoms with van der Waals surface area (Å²) in [5.41, 5.74) is 1.51. The molecule has 0 amide bonds. The van der Waals surface area contributed by atoms with Crippen molar-refractivity contribution in [2.75, 3.05) is 0 Å². The molecule has 5 heteroatoms. The molecule has 0 saturated heterocycles. The molecular formula is C15H12Cl2O3. The zero-order chi connectivity index (χ0) is 14.3. The number of ether oxygens (including phenoxy) is 1. The van der Waals surface area contributed by atoms with Gasteiger partial charge in [-0.05, 0) is 35.9 Å². The molecule has 2 aromatic carbocycles. The maximum Gasteiger partial charge on any atom is 0.134 e. The molecule has 2 N–H and O–H groups in total. The zero-order valence-electron chi connectivity index (χ0n) is 10.4. The van der Waals surface area contributed by atoms with Gasteiger partial charge in [-0.1, -0.05) is 29.3 Å². The van der Waals surface area contributed by atoms with Crippen molar-refractivity contribution < 1.29 is 14.9 Å². The summed E-state index contributed by atoms with van der Waals surface area (Å²) >= 11 is 11.8. The van der Waals surface area contributed by atoms with Crippen molar-refractivity contribution in [3.8, 4) is 11.5 Å². The van der Waals surface area contributed by atoms with Gasteiger partial charge in [-0.25, -0.2) is 0 Å². The molecule has 0 aromatic heterocycles. The monoisotopic (exact) mass is 310 g/mol. The van der Waals surface area contributed by atoms with Crippen LogP contribution in [0.3, 0.4) is 0 Å². The predicted octanol–water partition coefficient (Wildman–Crippen LogP) is 4.26. The highest BCUT2D eigenvalue weighted by molar-refractivity contribution is 6.32. The lowest BCUT2D eigenvalue weighted by Crippen LogP contribution is -2.19. The van der Waals surface area contributed by atoms with Crippen molar-refractivity contribution >= 4 is 23.2 Å². The van der Waals surface area contributed by atoms with Crippen LogP contribution >= 0.6 is 23.2 Å². The molecule has 0 aliphatic carbocycles. The molecule has 2 aromatic rings. The van der Waals surface area contributed by atoms with Crippen LogP contribution in [0.15, 0.2) is 36.4 Å². The summed E-state index contributed by atoms with van der Waals surface area (Å²) in [5.74, 6) is 0.640. The quantitative estimate of drug-likeness (QED) is 0.827. The average Bonchev–Trinajstić information content (AvgIpc) is 2.42. The van der Waals surface area contributed by atoms with E-state index < -0.39 is 6.10 Å². The Balaban J connectivity index is 1.94. The number of halogens is 2. The predicted molar refractivity (Wildman–Crippen MR) is 77.5 cm³/mol. The third kappa shape index (κ3) is 2.44. The lowest BCUT2D eigenvalue weighted by molar-refractivity contribution is 0.0657. The van der Waals surface area contributed by atoms with Crippen LogP contribution in [0.1, 0.15) is 29.8 Å².